The van der Waals surface area contributed by atoms with Crippen LogP contribution in [-0.4, -0.2) is 111 Å². The van der Waals surface area contributed by atoms with Crippen molar-refractivity contribution >= 4 is 35.6 Å². The Morgan fingerprint density at radius 3 is 2.35 bits per heavy atom. The molecule has 3 aromatic rings. The maximum absolute atomic E-state index is 15.2. The van der Waals surface area contributed by atoms with Crippen LogP contribution in [0.5, 0.6) is 0 Å². The number of nitrogens with one attached hydrogen (secondary N) is 3. The van der Waals surface area contributed by atoms with Gasteiger partial charge in [-0.25, -0.2) is 13.6 Å². The lowest BCUT2D eigenvalue weighted by Crippen LogP contribution is -2.61. The van der Waals surface area contributed by atoms with Gasteiger partial charge < -0.3 is 45.9 Å². The van der Waals surface area contributed by atoms with Crippen molar-refractivity contribution in [3.8, 4) is 11.1 Å². The number of aliphatic hydroxyl groups is 2. The Morgan fingerprint density at radius 1 is 1.02 bits per heavy atom. The second-order valence-corrected chi connectivity index (χ2v) is 16.1. The number of hydrogen-bond acceptors (Lipinski definition) is 9. The van der Waals surface area contributed by atoms with Crippen LogP contribution in [0.4, 0.5) is 13.6 Å². The molecule has 0 aliphatic rings. The van der Waals surface area contributed by atoms with E-state index in [0.29, 0.717) is 23.6 Å². The van der Waals surface area contributed by atoms with Crippen LogP contribution in [0.2, 0.25) is 0 Å². The minimum absolute atomic E-state index is 0.00263. The van der Waals surface area contributed by atoms with Gasteiger partial charge in [0, 0.05) is 55.6 Å². The summed E-state index contributed by atoms with van der Waals surface area (Å²) in [6, 6.07) is 11.4. The molecular weight excluding hydrogens is 763 g/mol. The van der Waals surface area contributed by atoms with Crippen molar-refractivity contribution < 1.29 is 48.0 Å². The Kier molecular flexibility index (Phi) is 17.9. The lowest BCUT2D eigenvalue weighted by molar-refractivity contribution is -0.140. The summed E-state index contributed by atoms with van der Waals surface area (Å²) in [5.74, 6) is -2.99. The highest BCUT2D eigenvalue weighted by molar-refractivity contribution is 7.77. The van der Waals surface area contributed by atoms with Gasteiger partial charge in [0.15, 0.2) is 0 Å². The fraction of sp³-hybridized carbons (Fsp3) is 0.500. The first-order valence-corrected chi connectivity index (χ1v) is 20.2. The number of carbonyl (C=O) groups excluding carboxylic acids is 3. The van der Waals surface area contributed by atoms with Gasteiger partial charge in [-0.2, -0.15) is 0 Å². The van der Waals surface area contributed by atoms with E-state index in [1.165, 1.54) is 11.8 Å². The van der Waals surface area contributed by atoms with E-state index in [9.17, 15) is 33.8 Å². The Hall–Kier alpha value is -4.55. The van der Waals surface area contributed by atoms with Gasteiger partial charge in [0.25, 0.3) is 0 Å². The molecular formula is C40H57F2N6O8S+. The zero-order chi connectivity index (χ0) is 42.3. The van der Waals surface area contributed by atoms with E-state index in [-0.39, 0.29) is 51.1 Å². The maximum Gasteiger partial charge on any atom is 0.407 e. The largest absolute Gasteiger partial charge is 0.481 e. The van der Waals surface area contributed by atoms with Crippen molar-refractivity contribution in [1.82, 2.24) is 25.4 Å². The monoisotopic (exact) mass is 819 g/mol. The second kappa shape index (κ2) is 21.8. The molecule has 0 radical (unpaired) electrons. The molecule has 1 unspecified atom stereocenters. The fourth-order valence-corrected chi connectivity index (χ4v) is 6.72. The van der Waals surface area contributed by atoms with Gasteiger partial charge in [0.05, 0.1) is 24.4 Å². The third-order valence-electron chi connectivity index (χ3n) is 9.32. The van der Waals surface area contributed by atoms with Crippen LogP contribution >= 0.6 is 0 Å². The number of carboxylic acids is 1. The molecule has 0 saturated carbocycles. The molecule has 314 valence electrons. The van der Waals surface area contributed by atoms with E-state index in [0.717, 1.165) is 35.5 Å². The molecule has 14 nitrogen and oxygen atoms in total. The number of ether oxygens (including phenoxy) is 1. The summed E-state index contributed by atoms with van der Waals surface area (Å²) in [4.78, 5) is 51.4. The number of carboxylic acid groups (broad SMARTS) is 1. The van der Waals surface area contributed by atoms with Crippen LogP contribution in [0.3, 0.4) is 0 Å². The smallest absolute Gasteiger partial charge is 0.407 e. The summed E-state index contributed by atoms with van der Waals surface area (Å²) < 4.78 is 36.8. The lowest BCUT2D eigenvalue weighted by Gasteiger charge is -2.42. The van der Waals surface area contributed by atoms with Crippen LogP contribution in [0.15, 0.2) is 60.8 Å². The van der Waals surface area contributed by atoms with Crippen molar-refractivity contribution in [3.05, 3.63) is 83.7 Å². The van der Waals surface area contributed by atoms with Crippen molar-refractivity contribution in [2.24, 2.45) is 11.1 Å². The van der Waals surface area contributed by atoms with Crippen molar-refractivity contribution in [3.63, 3.8) is 0 Å². The fourth-order valence-electron chi connectivity index (χ4n) is 6.44. The number of thiol groups is 1. The summed E-state index contributed by atoms with van der Waals surface area (Å²) in [5.41, 5.74) is 5.09. The van der Waals surface area contributed by atoms with Gasteiger partial charge in [0.2, 0.25) is 11.8 Å². The Bertz CT molecular complexity index is 1790. The van der Waals surface area contributed by atoms with E-state index in [1.54, 1.807) is 12.3 Å². The van der Waals surface area contributed by atoms with E-state index >= 15 is 4.39 Å². The molecule has 17 heteroatoms. The average Bonchev–Trinajstić information content (AvgIpc) is 3.55. The molecule has 0 saturated heterocycles. The van der Waals surface area contributed by atoms with E-state index in [1.807, 2.05) is 61.9 Å². The number of aromatic nitrogens is 1. The molecule has 1 aromatic heterocycles. The lowest BCUT2D eigenvalue weighted by atomic mass is 9.82. The van der Waals surface area contributed by atoms with Crippen LogP contribution in [-0.2, 0) is 37.4 Å². The number of amides is 3. The van der Waals surface area contributed by atoms with E-state index in [2.05, 4.69) is 16.0 Å². The molecule has 2 aromatic carbocycles. The van der Waals surface area contributed by atoms with Crippen molar-refractivity contribution in [1.29, 1.82) is 0 Å². The highest BCUT2D eigenvalue weighted by Crippen LogP contribution is 2.41. The molecule has 0 fully saturated rings. The molecule has 8 N–H and O–H groups in total. The van der Waals surface area contributed by atoms with Gasteiger partial charge in [0.1, 0.15) is 36.3 Å². The van der Waals surface area contributed by atoms with Crippen molar-refractivity contribution in [2.75, 3.05) is 44.9 Å². The number of nitrogens with zero attached hydrogens (tertiary/aromatic N) is 2. The van der Waals surface area contributed by atoms with Crippen LogP contribution in [0.25, 0.3) is 11.1 Å². The predicted octanol–water partition coefficient (Wildman–Crippen LogP) is 2.93. The van der Waals surface area contributed by atoms with Gasteiger partial charge in [-0.3, -0.25) is 19.7 Å². The topological polar surface area (TPSA) is 208 Å². The van der Waals surface area contributed by atoms with E-state index in [4.69, 9.17) is 15.6 Å². The molecule has 4 atom stereocenters. The third kappa shape index (κ3) is 14.4. The zero-order valence-corrected chi connectivity index (χ0v) is 34.0. The second-order valence-electron chi connectivity index (χ2n) is 15.0. The first-order valence-electron chi connectivity index (χ1n) is 18.7. The van der Waals surface area contributed by atoms with Crippen LogP contribution < -0.4 is 21.7 Å². The molecule has 0 spiro atoms. The molecule has 0 aliphatic carbocycles. The van der Waals surface area contributed by atoms with Gasteiger partial charge in [-0.05, 0) is 66.8 Å². The number of nitrogens with two attached hydrogens (primary N) is 1. The minimum atomic E-state index is -1.85. The van der Waals surface area contributed by atoms with Crippen molar-refractivity contribution in [2.45, 2.75) is 77.4 Å². The molecule has 1 heterocycles. The standard InChI is InChI=1S/C40H56F2N6O8S/c1-39(2,3)36(32-21-27(29-22-28(41)11-12-30(29)42)24-47(32)23-26-9-7-6-8-10-26)48(34(50)25-49)18-15-33(46-38(54)56-19-20-57-5)40(4,55)45-17-16-44-37(53)31(43)13-14-35(51)52/h6-12,21-22,24,31,33,36,45,49,55H,13-20,23,25,43H2,1-5H3,(H,44,53)(H,46,54)(H,51,52)/p+1/t31-,33+,36+,40?/m1/s1. The van der Waals surface area contributed by atoms with E-state index < -0.39 is 71.4 Å². The molecule has 0 aliphatic heterocycles. The maximum atomic E-state index is 15.2. The summed E-state index contributed by atoms with van der Waals surface area (Å²) >= 11 is 1.00. The SMILES string of the molecule is C[SH+]CCOC(=O)N[C@@H](CCN(C(=O)CO)[C@@H](c1cc(-c2cc(F)ccc2F)cn1Cc1ccccc1)C(C)(C)C)C(C)(O)NCCNC(=O)[C@H](N)CCC(=O)O. The molecule has 3 rings (SSSR count). The summed E-state index contributed by atoms with van der Waals surface area (Å²) in [6.45, 7) is 6.57. The molecule has 3 amide bonds. The molecule has 57 heavy (non-hydrogen) atoms. The third-order valence-corrected chi connectivity index (χ3v) is 9.95. The number of alkyl carbamates (subject to hydrolysis) is 1. The van der Waals surface area contributed by atoms with Gasteiger partial charge in [-0.15, -0.1) is 0 Å². The van der Waals surface area contributed by atoms with Gasteiger partial charge >= 0.3 is 12.1 Å². The summed E-state index contributed by atoms with van der Waals surface area (Å²) in [7, 11) is 0. The first kappa shape index (κ1) is 46.8. The first-order chi connectivity index (χ1) is 26.9. The number of aliphatic carboxylic acids is 1. The van der Waals surface area contributed by atoms with Crippen LogP contribution in [0.1, 0.15) is 64.3 Å². The average molecular weight is 820 g/mol. The number of rotatable bonds is 22. The minimum Gasteiger partial charge on any atom is -0.481 e. The Balaban J connectivity index is 1.99. The number of halogens is 2. The number of aliphatic hydroxyl groups excluding tert-OH is 1. The zero-order valence-electron chi connectivity index (χ0n) is 33.1. The Morgan fingerprint density at radius 2 is 1.72 bits per heavy atom. The highest BCUT2D eigenvalue weighted by atomic mass is 32.2. The Labute approximate surface area is 336 Å². The summed E-state index contributed by atoms with van der Waals surface area (Å²) in [6.07, 6.45) is 2.40. The molecule has 0 bridgehead atoms. The van der Waals surface area contributed by atoms with Gasteiger partial charge in [-0.1, -0.05) is 51.1 Å². The normalized spacial score (nSPS) is 14.2. The quantitative estimate of drug-likeness (QED) is 0.0342. The number of carbonyl (C=O) groups is 4. The predicted molar refractivity (Wildman–Crippen MR) is 215 cm³/mol. The number of hydrogen-bond donors (Lipinski definition) is 7. The van der Waals surface area contributed by atoms with Crippen LogP contribution in [0, 0.1) is 17.0 Å². The number of benzene rings is 2. The summed E-state index contributed by atoms with van der Waals surface area (Å²) in [5, 5.41) is 39.1. The highest BCUT2D eigenvalue weighted by Gasteiger charge is 2.39.